The topological polar surface area (TPSA) is 58.9 Å². The van der Waals surface area contributed by atoms with Crippen LogP contribution in [0.5, 0.6) is 11.5 Å². The van der Waals surface area contributed by atoms with Gasteiger partial charge in [0, 0.05) is 0 Å². The maximum absolute atomic E-state index is 11.8. The smallest absolute Gasteiger partial charge is 0.511 e. The van der Waals surface area contributed by atoms with Gasteiger partial charge < -0.3 is 19.4 Å². The normalized spacial score (nSPS) is 11.1. The van der Waals surface area contributed by atoms with E-state index in [1.54, 1.807) is 0 Å². The largest absolute Gasteiger partial charge is 0.707 e. The first-order valence-corrected chi connectivity index (χ1v) is 4.65. The maximum atomic E-state index is 11.8. The van der Waals surface area contributed by atoms with Crippen LogP contribution >= 0.6 is 15.9 Å². The van der Waals surface area contributed by atoms with Crippen molar-refractivity contribution in [3.8, 4) is 11.5 Å². The van der Waals surface area contributed by atoms with E-state index in [4.69, 9.17) is 10.0 Å². The molecule has 0 atom stereocenters. The number of benzene rings is 1. The lowest BCUT2D eigenvalue weighted by atomic mass is 10.2. The van der Waals surface area contributed by atoms with Crippen molar-refractivity contribution in [1.82, 2.24) is 0 Å². The van der Waals surface area contributed by atoms with Gasteiger partial charge in [-0.3, -0.25) is 0 Å². The third-order valence-corrected chi connectivity index (χ3v) is 1.99. The minimum atomic E-state index is -4.78. The molecule has 4 nitrogen and oxygen atoms in total. The molecule has 0 aliphatic carbocycles. The van der Waals surface area contributed by atoms with E-state index in [0.29, 0.717) is 0 Å². The van der Waals surface area contributed by atoms with Gasteiger partial charge in [0.25, 0.3) is 0 Å². The lowest BCUT2D eigenvalue weighted by Crippen LogP contribution is -2.21. The molecule has 0 amide bonds. The van der Waals surface area contributed by atoms with Crippen LogP contribution in [-0.2, 0) is 0 Å². The van der Waals surface area contributed by atoms with Gasteiger partial charge in [0.15, 0.2) is 0 Å². The van der Waals surface area contributed by atoms with Gasteiger partial charge in [-0.1, -0.05) is 0 Å². The zero-order valence-corrected chi connectivity index (χ0v) is 9.12. The van der Waals surface area contributed by atoms with E-state index >= 15 is 0 Å². The number of ether oxygens (including phenoxy) is 1. The van der Waals surface area contributed by atoms with Crippen molar-refractivity contribution >= 4 is 23.3 Å². The highest BCUT2D eigenvalue weighted by Gasteiger charge is 2.31. The average Bonchev–Trinajstić information content (AvgIpc) is 2.06. The molecule has 1 aromatic rings. The molecule has 0 heterocycles. The molecule has 9 heteroatoms. The lowest BCUT2D eigenvalue weighted by molar-refractivity contribution is -0.274. The van der Waals surface area contributed by atoms with Crippen molar-refractivity contribution in [3.63, 3.8) is 0 Å². The zero-order chi connectivity index (χ0) is 12.3. The minimum absolute atomic E-state index is 0.0236. The molecule has 0 fully saturated rings. The molecular weight excluding hydrogens is 296 g/mol. The molecular formula is C7H5BBrF3O4. The Morgan fingerprint density at radius 2 is 1.88 bits per heavy atom. The summed E-state index contributed by atoms with van der Waals surface area (Å²) in [6, 6.07) is 3.08. The van der Waals surface area contributed by atoms with E-state index in [1.807, 2.05) is 0 Å². The molecule has 0 radical (unpaired) electrons. The molecule has 2 N–H and O–H groups in total. The van der Waals surface area contributed by atoms with Crippen LogP contribution in [0, 0.1) is 0 Å². The first-order valence-electron chi connectivity index (χ1n) is 3.86. The van der Waals surface area contributed by atoms with Crippen molar-refractivity contribution in [3.05, 3.63) is 22.7 Å². The minimum Gasteiger partial charge on any atom is -0.511 e. The maximum Gasteiger partial charge on any atom is 0.707 e. The van der Waals surface area contributed by atoms with Crippen LogP contribution in [0.3, 0.4) is 0 Å². The van der Waals surface area contributed by atoms with Gasteiger partial charge in [0.05, 0.1) is 4.47 Å². The Kier molecular flexibility index (Phi) is 4.06. The van der Waals surface area contributed by atoms with Gasteiger partial charge in [0.1, 0.15) is 11.5 Å². The number of hydrogen-bond donors (Lipinski definition) is 2. The second-order valence-electron chi connectivity index (χ2n) is 2.58. The van der Waals surface area contributed by atoms with Crippen molar-refractivity contribution in [2.45, 2.75) is 6.36 Å². The third kappa shape index (κ3) is 4.29. The van der Waals surface area contributed by atoms with Gasteiger partial charge in [-0.2, -0.15) is 0 Å². The van der Waals surface area contributed by atoms with E-state index in [9.17, 15) is 13.2 Å². The van der Waals surface area contributed by atoms with Gasteiger partial charge in [0.2, 0.25) is 0 Å². The molecule has 1 aromatic carbocycles. The first kappa shape index (κ1) is 13.1. The summed E-state index contributed by atoms with van der Waals surface area (Å²) in [5, 5.41) is 17.0. The molecule has 88 valence electrons. The highest BCUT2D eigenvalue weighted by atomic mass is 79.9. The molecule has 0 aromatic heterocycles. The van der Waals surface area contributed by atoms with Gasteiger partial charge >= 0.3 is 13.7 Å². The summed E-state index contributed by atoms with van der Waals surface area (Å²) < 4.78 is 43.7. The van der Waals surface area contributed by atoms with Crippen molar-refractivity contribution in [2.75, 3.05) is 0 Å². The fourth-order valence-corrected chi connectivity index (χ4v) is 1.34. The quantitative estimate of drug-likeness (QED) is 0.834. The summed E-state index contributed by atoms with van der Waals surface area (Å²) in [6.45, 7) is 0. The Morgan fingerprint density at radius 3 is 2.31 bits per heavy atom. The van der Waals surface area contributed by atoms with Gasteiger partial charge in [-0.05, 0) is 34.1 Å². The first-order chi connectivity index (χ1) is 7.28. The Morgan fingerprint density at radius 1 is 1.25 bits per heavy atom. The van der Waals surface area contributed by atoms with Gasteiger partial charge in [-0.15, -0.1) is 13.2 Å². The molecule has 0 aliphatic rings. The van der Waals surface area contributed by atoms with Crippen molar-refractivity contribution in [1.29, 1.82) is 0 Å². The third-order valence-electron chi connectivity index (χ3n) is 1.37. The SMILES string of the molecule is OB(O)Oc1ccc(OC(F)(F)F)cc1Br. The molecule has 0 spiro atoms. The van der Waals surface area contributed by atoms with Crippen LogP contribution in [0.25, 0.3) is 0 Å². The fourth-order valence-electron chi connectivity index (χ4n) is 0.888. The van der Waals surface area contributed by atoms with Gasteiger partial charge in [-0.25, -0.2) is 0 Å². The average molecular weight is 301 g/mol. The van der Waals surface area contributed by atoms with Crippen LogP contribution in [-0.4, -0.2) is 23.7 Å². The van der Waals surface area contributed by atoms with E-state index in [1.165, 1.54) is 0 Å². The van der Waals surface area contributed by atoms with E-state index in [-0.39, 0.29) is 10.2 Å². The predicted molar refractivity (Wildman–Crippen MR) is 51.6 cm³/mol. The van der Waals surface area contributed by atoms with Crippen LogP contribution in [0.4, 0.5) is 13.2 Å². The second-order valence-corrected chi connectivity index (χ2v) is 3.44. The van der Waals surface area contributed by atoms with Crippen LogP contribution in [0.1, 0.15) is 0 Å². The Bertz CT molecular complexity index is 371. The summed E-state index contributed by atoms with van der Waals surface area (Å²) in [5.74, 6) is -0.469. The van der Waals surface area contributed by atoms with Crippen LogP contribution < -0.4 is 9.39 Å². The van der Waals surface area contributed by atoms with Crippen molar-refractivity contribution in [2.24, 2.45) is 0 Å². The van der Waals surface area contributed by atoms with E-state index < -0.39 is 19.4 Å². The van der Waals surface area contributed by atoms with E-state index in [2.05, 4.69) is 25.3 Å². The summed E-state index contributed by atoms with van der Waals surface area (Å²) in [4.78, 5) is 0. The Balaban J connectivity index is 2.83. The molecule has 0 bridgehead atoms. The zero-order valence-electron chi connectivity index (χ0n) is 7.53. The molecule has 16 heavy (non-hydrogen) atoms. The number of halogens is 4. The van der Waals surface area contributed by atoms with Crippen LogP contribution in [0.15, 0.2) is 22.7 Å². The highest BCUT2D eigenvalue weighted by Crippen LogP contribution is 2.31. The molecule has 0 unspecified atom stereocenters. The van der Waals surface area contributed by atoms with Crippen molar-refractivity contribution < 1.29 is 32.6 Å². The monoisotopic (exact) mass is 300 g/mol. The summed E-state index contributed by atoms with van der Waals surface area (Å²) >= 11 is 2.89. The Hall–Kier alpha value is -0.925. The summed E-state index contributed by atoms with van der Waals surface area (Å²) in [7, 11) is -2.05. The number of hydrogen-bond acceptors (Lipinski definition) is 4. The van der Waals surface area contributed by atoms with E-state index in [0.717, 1.165) is 18.2 Å². The Labute approximate surface area is 96.9 Å². The number of alkyl halides is 3. The summed E-state index contributed by atoms with van der Waals surface area (Å²) in [5.41, 5.74) is 0. The lowest BCUT2D eigenvalue weighted by Gasteiger charge is -2.11. The molecule has 0 aliphatic heterocycles. The summed E-state index contributed by atoms with van der Waals surface area (Å²) in [6.07, 6.45) is -4.78. The second kappa shape index (κ2) is 4.94. The predicted octanol–water partition coefficient (Wildman–Crippen LogP) is 1.70. The molecule has 1 rings (SSSR count). The fraction of sp³-hybridized carbons (Fsp3) is 0.143. The van der Waals surface area contributed by atoms with Crippen LogP contribution in [0.2, 0.25) is 0 Å². The molecule has 0 saturated carbocycles. The highest BCUT2D eigenvalue weighted by molar-refractivity contribution is 9.10. The number of rotatable bonds is 3. The standard InChI is InChI=1S/C7H5BBrF3O4/c9-5-3-4(15-7(10,11)12)1-2-6(5)16-8(13)14/h1-3,13-14H. The molecule has 0 saturated heterocycles.